The molecule has 4 nitrogen and oxygen atoms in total. The summed E-state index contributed by atoms with van der Waals surface area (Å²) in [5, 5.41) is 7.67. The third kappa shape index (κ3) is 4.20. The van der Waals surface area contributed by atoms with Gasteiger partial charge in [0, 0.05) is 19.3 Å². The first kappa shape index (κ1) is 14.8. The van der Waals surface area contributed by atoms with Gasteiger partial charge >= 0.3 is 0 Å². The lowest BCUT2D eigenvalue weighted by atomic mass is 10.2. The van der Waals surface area contributed by atoms with Crippen LogP contribution in [0.15, 0.2) is 35.1 Å². The average molecular weight is 270 g/mol. The standard InChI is InChI=1S/C13H19N3O.ClH/c1-11(2)10-16-12(5-6-15-16)8-14-9-13-4-3-7-17-13;/h3-7,11,14H,8-10H2,1-2H3;1H. The largest absolute Gasteiger partial charge is 0.468 e. The van der Waals surface area contributed by atoms with Crippen molar-refractivity contribution in [1.29, 1.82) is 0 Å². The van der Waals surface area contributed by atoms with E-state index in [0.717, 1.165) is 25.4 Å². The molecule has 0 bridgehead atoms. The third-order valence-electron chi connectivity index (χ3n) is 2.53. The van der Waals surface area contributed by atoms with Gasteiger partial charge in [-0.25, -0.2) is 0 Å². The van der Waals surface area contributed by atoms with Crippen molar-refractivity contribution in [2.45, 2.75) is 33.5 Å². The Kier molecular flexibility index (Phi) is 5.95. The summed E-state index contributed by atoms with van der Waals surface area (Å²) in [5.41, 5.74) is 1.21. The fourth-order valence-electron chi connectivity index (χ4n) is 1.75. The minimum Gasteiger partial charge on any atom is -0.468 e. The van der Waals surface area contributed by atoms with Crippen molar-refractivity contribution < 1.29 is 4.42 Å². The first-order valence-electron chi connectivity index (χ1n) is 5.99. The predicted octanol–water partition coefficient (Wildman–Crippen LogP) is 2.84. The Morgan fingerprint density at radius 3 is 2.83 bits per heavy atom. The van der Waals surface area contributed by atoms with E-state index in [-0.39, 0.29) is 12.4 Å². The van der Waals surface area contributed by atoms with Crippen LogP contribution >= 0.6 is 12.4 Å². The molecule has 0 aromatic carbocycles. The minimum atomic E-state index is 0. The minimum absolute atomic E-state index is 0. The van der Waals surface area contributed by atoms with Crippen LogP contribution in [0.4, 0.5) is 0 Å². The number of nitrogens with one attached hydrogen (secondary N) is 1. The second kappa shape index (κ2) is 7.24. The molecule has 100 valence electrons. The van der Waals surface area contributed by atoms with E-state index in [2.05, 4.69) is 35.0 Å². The van der Waals surface area contributed by atoms with Gasteiger partial charge in [0.2, 0.25) is 0 Å². The summed E-state index contributed by atoms with van der Waals surface area (Å²) >= 11 is 0. The van der Waals surface area contributed by atoms with Gasteiger partial charge in [0.25, 0.3) is 0 Å². The van der Waals surface area contributed by atoms with Crippen molar-refractivity contribution >= 4 is 12.4 Å². The molecule has 0 saturated carbocycles. The molecular weight excluding hydrogens is 250 g/mol. The molecule has 2 aromatic rings. The van der Waals surface area contributed by atoms with Crippen molar-refractivity contribution in [3.8, 4) is 0 Å². The predicted molar refractivity (Wildman–Crippen MR) is 73.6 cm³/mol. The highest BCUT2D eigenvalue weighted by molar-refractivity contribution is 5.85. The highest BCUT2D eigenvalue weighted by Gasteiger charge is 2.04. The van der Waals surface area contributed by atoms with Gasteiger partial charge < -0.3 is 9.73 Å². The maximum absolute atomic E-state index is 5.26. The van der Waals surface area contributed by atoms with E-state index in [1.807, 2.05) is 18.3 Å². The highest BCUT2D eigenvalue weighted by atomic mass is 35.5. The quantitative estimate of drug-likeness (QED) is 0.877. The zero-order valence-electron chi connectivity index (χ0n) is 10.8. The number of aromatic nitrogens is 2. The summed E-state index contributed by atoms with van der Waals surface area (Å²) in [6.07, 6.45) is 3.55. The Morgan fingerprint density at radius 2 is 2.17 bits per heavy atom. The Labute approximate surface area is 114 Å². The summed E-state index contributed by atoms with van der Waals surface area (Å²) in [6, 6.07) is 5.93. The highest BCUT2D eigenvalue weighted by Crippen LogP contribution is 2.05. The lowest BCUT2D eigenvalue weighted by Gasteiger charge is -2.10. The zero-order valence-corrected chi connectivity index (χ0v) is 11.6. The summed E-state index contributed by atoms with van der Waals surface area (Å²) < 4.78 is 7.32. The first-order valence-corrected chi connectivity index (χ1v) is 5.99. The molecule has 1 N–H and O–H groups in total. The van der Waals surface area contributed by atoms with Crippen LogP contribution in [-0.2, 0) is 19.6 Å². The second-order valence-electron chi connectivity index (χ2n) is 4.58. The first-order chi connectivity index (χ1) is 8.25. The fraction of sp³-hybridized carbons (Fsp3) is 0.462. The van der Waals surface area contributed by atoms with Crippen molar-refractivity contribution in [3.63, 3.8) is 0 Å². The average Bonchev–Trinajstić information content (AvgIpc) is 2.90. The molecular formula is C13H20ClN3O. The fourth-order valence-corrected chi connectivity index (χ4v) is 1.75. The van der Waals surface area contributed by atoms with Crippen molar-refractivity contribution in [1.82, 2.24) is 15.1 Å². The smallest absolute Gasteiger partial charge is 0.117 e. The van der Waals surface area contributed by atoms with Crippen LogP contribution in [0.1, 0.15) is 25.3 Å². The third-order valence-corrected chi connectivity index (χ3v) is 2.53. The molecule has 0 fully saturated rings. The molecule has 0 amide bonds. The van der Waals surface area contributed by atoms with E-state index in [4.69, 9.17) is 4.42 Å². The van der Waals surface area contributed by atoms with Crippen LogP contribution in [-0.4, -0.2) is 9.78 Å². The van der Waals surface area contributed by atoms with E-state index < -0.39 is 0 Å². The molecule has 0 aliphatic rings. The summed E-state index contributed by atoms with van der Waals surface area (Å²) in [5.74, 6) is 1.57. The number of nitrogens with zero attached hydrogens (tertiary/aromatic N) is 2. The molecule has 0 saturated heterocycles. The van der Waals surface area contributed by atoms with E-state index in [1.165, 1.54) is 5.69 Å². The Morgan fingerprint density at radius 1 is 1.33 bits per heavy atom. The maximum atomic E-state index is 5.26. The van der Waals surface area contributed by atoms with Gasteiger partial charge in [-0.2, -0.15) is 5.10 Å². The molecule has 18 heavy (non-hydrogen) atoms. The molecule has 0 aliphatic heterocycles. The monoisotopic (exact) mass is 269 g/mol. The van der Waals surface area contributed by atoms with Crippen molar-refractivity contribution in [2.75, 3.05) is 0 Å². The van der Waals surface area contributed by atoms with Crippen molar-refractivity contribution in [3.05, 3.63) is 42.1 Å². The lowest BCUT2D eigenvalue weighted by Crippen LogP contribution is -2.17. The maximum Gasteiger partial charge on any atom is 0.117 e. The van der Waals surface area contributed by atoms with Crippen LogP contribution in [0.25, 0.3) is 0 Å². The molecule has 0 spiro atoms. The molecule has 0 atom stereocenters. The van der Waals surface area contributed by atoms with Gasteiger partial charge in [-0.15, -0.1) is 12.4 Å². The lowest BCUT2D eigenvalue weighted by molar-refractivity contribution is 0.449. The van der Waals surface area contributed by atoms with Crippen LogP contribution in [0, 0.1) is 5.92 Å². The van der Waals surface area contributed by atoms with Gasteiger partial charge in [-0.3, -0.25) is 4.68 Å². The molecule has 0 unspecified atom stereocenters. The summed E-state index contributed by atoms with van der Waals surface area (Å²) in [7, 11) is 0. The topological polar surface area (TPSA) is 43.0 Å². The van der Waals surface area contributed by atoms with Crippen LogP contribution < -0.4 is 5.32 Å². The number of hydrogen-bond acceptors (Lipinski definition) is 3. The van der Waals surface area contributed by atoms with Crippen LogP contribution in [0.5, 0.6) is 0 Å². The van der Waals surface area contributed by atoms with E-state index in [0.29, 0.717) is 5.92 Å². The molecule has 0 radical (unpaired) electrons. The molecule has 0 aliphatic carbocycles. The van der Waals surface area contributed by atoms with Gasteiger partial charge in [0.1, 0.15) is 5.76 Å². The van der Waals surface area contributed by atoms with E-state index in [9.17, 15) is 0 Å². The Balaban J connectivity index is 0.00000162. The van der Waals surface area contributed by atoms with E-state index >= 15 is 0 Å². The number of halogens is 1. The van der Waals surface area contributed by atoms with Gasteiger partial charge in [-0.05, 0) is 24.1 Å². The summed E-state index contributed by atoms with van der Waals surface area (Å²) in [6.45, 7) is 6.92. The molecule has 2 rings (SSSR count). The van der Waals surface area contributed by atoms with Gasteiger partial charge in [-0.1, -0.05) is 13.8 Å². The van der Waals surface area contributed by atoms with Crippen LogP contribution in [0.3, 0.4) is 0 Å². The molecule has 2 aromatic heterocycles. The second-order valence-corrected chi connectivity index (χ2v) is 4.58. The molecule has 2 heterocycles. The van der Waals surface area contributed by atoms with Crippen LogP contribution in [0.2, 0.25) is 0 Å². The normalized spacial score (nSPS) is 10.6. The van der Waals surface area contributed by atoms with Crippen molar-refractivity contribution in [2.24, 2.45) is 5.92 Å². The number of rotatable bonds is 6. The zero-order chi connectivity index (χ0) is 12.1. The number of furan rings is 1. The summed E-state index contributed by atoms with van der Waals surface area (Å²) in [4.78, 5) is 0. The van der Waals surface area contributed by atoms with Gasteiger partial charge in [0.15, 0.2) is 0 Å². The Hall–Kier alpha value is -1.26. The Bertz CT molecular complexity index is 437. The van der Waals surface area contributed by atoms with E-state index in [1.54, 1.807) is 6.26 Å². The van der Waals surface area contributed by atoms with Gasteiger partial charge in [0.05, 0.1) is 18.5 Å². The molecule has 5 heteroatoms. The SMILES string of the molecule is CC(C)Cn1nccc1CNCc1ccco1.Cl. The number of hydrogen-bond donors (Lipinski definition) is 1.